The highest BCUT2D eigenvalue weighted by Gasteiger charge is 2.13. The van der Waals surface area contributed by atoms with Crippen LogP contribution in [0.3, 0.4) is 0 Å². The number of aromatic nitrogens is 4. The van der Waals surface area contributed by atoms with E-state index < -0.39 is 0 Å². The van der Waals surface area contributed by atoms with Gasteiger partial charge in [-0.05, 0) is 30.7 Å². The van der Waals surface area contributed by atoms with Crippen molar-refractivity contribution in [2.75, 3.05) is 6.79 Å². The molecule has 0 bridgehead atoms. The van der Waals surface area contributed by atoms with Crippen LogP contribution >= 0.6 is 0 Å². The first-order valence-electron chi connectivity index (χ1n) is 8.40. The maximum Gasteiger partial charge on any atom is 0.315 e. The van der Waals surface area contributed by atoms with Crippen molar-refractivity contribution >= 4 is 6.03 Å². The first-order chi connectivity index (χ1) is 13.2. The van der Waals surface area contributed by atoms with E-state index in [1.807, 2.05) is 31.2 Å². The zero-order valence-electron chi connectivity index (χ0n) is 14.7. The van der Waals surface area contributed by atoms with Crippen LogP contribution in [0.25, 0.3) is 5.95 Å². The standard InChI is InChI=1S/C18H18N6O3/c1-12-6-14(23-17(22-12)24-5-4-19-10-24)9-21-18(25)20-8-13-2-3-15-16(7-13)27-11-26-15/h2-7,10H,8-9,11H2,1H3,(H2,20,21,25). The molecule has 0 fully saturated rings. The summed E-state index contributed by atoms with van der Waals surface area (Å²) in [6.45, 7) is 2.78. The molecule has 1 aromatic carbocycles. The topological polar surface area (TPSA) is 103 Å². The smallest absolute Gasteiger partial charge is 0.315 e. The molecule has 2 N–H and O–H groups in total. The summed E-state index contributed by atoms with van der Waals surface area (Å²) in [7, 11) is 0. The number of hydrogen-bond acceptors (Lipinski definition) is 6. The van der Waals surface area contributed by atoms with Gasteiger partial charge in [0.2, 0.25) is 12.7 Å². The van der Waals surface area contributed by atoms with Gasteiger partial charge in [0, 0.05) is 24.6 Å². The lowest BCUT2D eigenvalue weighted by molar-refractivity contribution is 0.174. The highest BCUT2D eigenvalue weighted by molar-refractivity contribution is 5.73. The average molecular weight is 366 g/mol. The molecule has 1 aliphatic heterocycles. The van der Waals surface area contributed by atoms with E-state index >= 15 is 0 Å². The van der Waals surface area contributed by atoms with Crippen LogP contribution in [-0.4, -0.2) is 32.3 Å². The van der Waals surface area contributed by atoms with Crippen LogP contribution < -0.4 is 20.1 Å². The number of hydrogen-bond donors (Lipinski definition) is 2. The number of rotatable bonds is 5. The first-order valence-corrected chi connectivity index (χ1v) is 8.40. The van der Waals surface area contributed by atoms with Crippen LogP contribution in [0.1, 0.15) is 17.0 Å². The Hall–Kier alpha value is -3.62. The van der Waals surface area contributed by atoms with Gasteiger partial charge in [-0.25, -0.2) is 19.7 Å². The van der Waals surface area contributed by atoms with E-state index in [4.69, 9.17) is 9.47 Å². The Morgan fingerprint density at radius 3 is 2.85 bits per heavy atom. The van der Waals surface area contributed by atoms with Crippen LogP contribution in [0.5, 0.6) is 11.5 Å². The summed E-state index contributed by atoms with van der Waals surface area (Å²) >= 11 is 0. The van der Waals surface area contributed by atoms with Crippen LogP contribution in [0.4, 0.5) is 4.79 Å². The number of amides is 2. The fraction of sp³-hybridized carbons (Fsp3) is 0.222. The van der Waals surface area contributed by atoms with Gasteiger partial charge in [0.15, 0.2) is 11.5 Å². The van der Waals surface area contributed by atoms with Gasteiger partial charge in [0.05, 0.1) is 12.2 Å². The van der Waals surface area contributed by atoms with E-state index in [1.54, 1.807) is 23.3 Å². The minimum atomic E-state index is -0.284. The molecule has 138 valence electrons. The van der Waals surface area contributed by atoms with Crippen molar-refractivity contribution in [2.24, 2.45) is 0 Å². The van der Waals surface area contributed by atoms with Crippen molar-refractivity contribution in [1.29, 1.82) is 0 Å². The highest BCUT2D eigenvalue weighted by Crippen LogP contribution is 2.32. The molecule has 27 heavy (non-hydrogen) atoms. The number of imidazole rings is 1. The van der Waals surface area contributed by atoms with Gasteiger partial charge >= 0.3 is 6.03 Å². The molecule has 1 aliphatic rings. The van der Waals surface area contributed by atoms with Crippen LogP contribution in [0.2, 0.25) is 0 Å². The molecular formula is C18H18N6O3. The Morgan fingerprint density at radius 1 is 1.15 bits per heavy atom. The molecule has 2 amide bonds. The molecule has 0 saturated carbocycles. The van der Waals surface area contributed by atoms with Crippen LogP contribution in [0.15, 0.2) is 43.0 Å². The lowest BCUT2D eigenvalue weighted by Gasteiger charge is -2.09. The predicted molar refractivity (Wildman–Crippen MR) is 95.5 cm³/mol. The number of ether oxygens (including phenoxy) is 2. The molecule has 2 aromatic heterocycles. The van der Waals surface area contributed by atoms with E-state index in [2.05, 4.69) is 25.6 Å². The molecule has 3 aromatic rings. The highest BCUT2D eigenvalue weighted by atomic mass is 16.7. The van der Waals surface area contributed by atoms with Crippen molar-refractivity contribution in [3.8, 4) is 17.4 Å². The van der Waals surface area contributed by atoms with E-state index in [0.717, 1.165) is 17.0 Å². The molecule has 0 unspecified atom stereocenters. The summed E-state index contributed by atoms with van der Waals surface area (Å²) < 4.78 is 12.3. The molecule has 0 radical (unpaired) electrons. The average Bonchev–Trinajstić information content (AvgIpc) is 3.35. The molecular weight excluding hydrogens is 348 g/mol. The molecule has 0 aliphatic carbocycles. The van der Waals surface area contributed by atoms with Gasteiger partial charge in [-0.1, -0.05) is 6.07 Å². The lowest BCUT2D eigenvalue weighted by atomic mass is 10.2. The molecule has 9 nitrogen and oxygen atoms in total. The Labute approximate surface area is 155 Å². The number of benzene rings is 1. The van der Waals surface area contributed by atoms with Gasteiger partial charge in [-0.3, -0.25) is 4.57 Å². The third kappa shape index (κ3) is 3.97. The largest absolute Gasteiger partial charge is 0.454 e. The normalized spacial score (nSPS) is 12.0. The zero-order valence-corrected chi connectivity index (χ0v) is 14.7. The van der Waals surface area contributed by atoms with Gasteiger partial charge in [-0.2, -0.15) is 0 Å². The van der Waals surface area contributed by atoms with Crippen LogP contribution in [-0.2, 0) is 13.1 Å². The maximum absolute atomic E-state index is 12.1. The Balaban J connectivity index is 1.33. The Kier molecular flexibility index (Phi) is 4.56. The molecule has 0 saturated heterocycles. The minimum Gasteiger partial charge on any atom is -0.454 e. The Bertz CT molecular complexity index is 958. The quantitative estimate of drug-likeness (QED) is 0.712. The second kappa shape index (κ2) is 7.32. The number of urea groups is 1. The number of carbonyl (C=O) groups excluding carboxylic acids is 1. The van der Waals surface area contributed by atoms with Crippen molar-refractivity contribution < 1.29 is 14.3 Å². The summed E-state index contributed by atoms with van der Waals surface area (Å²) in [6.07, 6.45) is 5.06. The van der Waals surface area contributed by atoms with Gasteiger partial charge in [-0.15, -0.1) is 0 Å². The van der Waals surface area contributed by atoms with E-state index in [1.165, 1.54) is 0 Å². The molecule has 0 atom stereocenters. The first kappa shape index (κ1) is 16.8. The van der Waals surface area contributed by atoms with E-state index in [-0.39, 0.29) is 19.4 Å². The number of nitrogens with one attached hydrogen (secondary N) is 2. The van der Waals surface area contributed by atoms with Gasteiger partial charge in [0.25, 0.3) is 0 Å². The third-order valence-electron chi connectivity index (χ3n) is 3.95. The second-order valence-corrected chi connectivity index (χ2v) is 5.99. The SMILES string of the molecule is Cc1cc(CNC(=O)NCc2ccc3c(c2)OCO3)nc(-n2ccnc2)n1. The summed E-state index contributed by atoms with van der Waals surface area (Å²) in [5.41, 5.74) is 2.45. The summed E-state index contributed by atoms with van der Waals surface area (Å²) in [6, 6.07) is 7.12. The fourth-order valence-electron chi connectivity index (χ4n) is 2.67. The minimum absolute atomic E-state index is 0.228. The fourth-order valence-corrected chi connectivity index (χ4v) is 2.67. The van der Waals surface area contributed by atoms with Crippen molar-refractivity contribution in [2.45, 2.75) is 20.0 Å². The molecule has 9 heteroatoms. The maximum atomic E-state index is 12.1. The molecule has 4 rings (SSSR count). The number of carbonyl (C=O) groups is 1. The van der Waals surface area contributed by atoms with Gasteiger partial charge < -0.3 is 20.1 Å². The predicted octanol–water partition coefficient (Wildman–Crippen LogP) is 1.70. The number of nitrogens with zero attached hydrogens (tertiary/aromatic N) is 4. The van der Waals surface area contributed by atoms with E-state index in [0.29, 0.717) is 23.9 Å². The van der Waals surface area contributed by atoms with Crippen molar-refractivity contribution in [3.05, 3.63) is 59.9 Å². The third-order valence-corrected chi connectivity index (χ3v) is 3.95. The summed E-state index contributed by atoms with van der Waals surface area (Å²) in [4.78, 5) is 24.9. The van der Waals surface area contributed by atoms with E-state index in [9.17, 15) is 4.79 Å². The zero-order chi connectivity index (χ0) is 18.6. The Morgan fingerprint density at radius 2 is 2.00 bits per heavy atom. The number of fused-ring (bicyclic) bond motifs is 1. The molecule has 0 spiro atoms. The number of aryl methyl sites for hydroxylation is 1. The molecule has 3 heterocycles. The van der Waals surface area contributed by atoms with Gasteiger partial charge in [0.1, 0.15) is 6.33 Å². The second-order valence-electron chi connectivity index (χ2n) is 5.99. The lowest BCUT2D eigenvalue weighted by Crippen LogP contribution is -2.34. The van der Waals surface area contributed by atoms with Crippen LogP contribution in [0, 0.1) is 6.92 Å². The summed E-state index contributed by atoms with van der Waals surface area (Å²) in [5.74, 6) is 1.93. The van der Waals surface area contributed by atoms with Crippen molar-refractivity contribution in [1.82, 2.24) is 30.2 Å². The summed E-state index contributed by atoms with van der Waals surface area (Å²) in [5, 5.41) is 5.61. The monoisotopic (exact) mass is 366 g/mol. The van der Waals surface area contributed by atoms with Crippen molar-refractivity contribution in [3.63, 3.8) is 0 Å².